The van der Waals surface area contributed by atoms with Gasteiger partial charge in [-0.2, -0.15) is 0 Å². The number of halogens is 1. The first-order valence-corrected chi connectivity index (χ1v) is 5.82. The molecule has 1 heterocycles. The van der Waals surface area contributed by atoms with Crippen molar-refractivity contribution in [3.05, 3.63) is 0 Å². The Kier molecular flexibility index (Phi) is 8.61. The Labute approximate surface area is 103 Å². The molecular weight excluding hydrogens is 230 g/mol. The van der Waals surface area contributed by atoms with Gasteiger partial charge in [-0.15, -0.1) is 12.4 Å². The number of rotatable bonds is 6. The summed E-state index contributed by atoms with van der Waals surface area (Å²) in [7, 11) is 0. The van der Waals surface area contributed by atoms with E-state index in [9.17, 15) is 9.90 Å². The number of aliphatic hydroxyl groups is 1. The Hall–Kier alpha value is -0.320. The van der Waals surface area contributed by atoms with Crippen molar-refractivity contribution in [3.8, 4) is 0 Å². The fourth-order valence-corrected chi connectivity index (χ4v) is 1.70. The van der Waals surface area contributed by atoms with Crippen molar-refractivity contribution < 1.29 is 14.6 Å². The van der Waals surface area contributed by atoms with E-state index in [-0.39, 0.29) is 24.4 Å². The van der Waals surface area contributed by atoms with Crippen LogP contribution in [0.3, 0.4) is 0 Å². The Balaban J connectivity index is 0.00000225. The number of unbranched alkanes of at least 4 members (excludes halogenated alkanes) is 3. The predicted octanol–water partition coefficient (Wildman–Crippen LogP) is 1.25. The number of hydrogen-bond acceptors (Lipinski definition) is 4. The Morgan fingerprint density at radius 3 is 2.75 bits per heavy atom. The molecule has 1 fully saturated rings. The molecule has 0 bridgehead atoms. The van der Waals surface area contributed by atoms with E-state index in [1.54, 1.807) is 0 Å². The molecule has 16 heavy (non-hydrogen) atoms. The quantitative estimate of drug-likeness (QED) is 0.551. The summed E-state index contributed by atoms with van der Waals surface area (Å²) in [6.45, 7) is 3.15. The van der Waals surface area contributed by atoms with E-state index in [2.05, 4.69) is 12.2 Å². The minimum Gasteiger partial charge on any atom is -0.465 e. The molecule has 0 unspecified atom stereocenters. The SMILES string of the molecule is CCCCCCOC(=O)[C@@H]1C[C@@H](O)CN1.Cl. The van der Waals surface area contributed by atoms with Crippen molar-refractivity contribution in [1.82, 2.24) is 5.32 Å². The smallest absolute Gasteiger partial charge is 0.323 e. The molecule has 0 aromatic carbocycles. The van der Waals surface area contributed by atoms with Crippen LogP contribution in [0.4, 0.5) is 0 Å². The number of carbonyl (C=O) groups is 1. The van der Waals surface area contributed by atoms with Gasteiger partial charge in [0, 0.05) is 13.0 Å². The second-order valence-corrected chi connectivity index (χ2v) is 4.08. The van der Waals surface area contributed by atoms with E-state index in [0.29, 0.717) is 19.6 Å². The molecule has 1 aliphatic rings. The van der Waals surface area contributed by atoms with Crippen LogP contribution in [0.1, 0.15) is 39.0 Å². The lowest BCUT2D eigenvalue weighted by atomic mass is 10.2. The first-order chi connectivity index (χ1) is 7.24. The van der Waals surface area contributed by atoms with Gasteiger partial charge in [0.25, 0.3) is 0 Å². The maximum absolute atomic E-state index is 11.4. The summed E-state index contributed by atoms with van der Waals surface area (Å²) < 4.78 is 5.11. The second kappa shape index (κ2) is 8.79. The topological polar surface area (TPSA) is 58.6 Å². The van der Waals surface area contributed by atoms with Crippen LogP contribution in [-0.2, 0) is 9.53 Å². The fourth-order valence-electron chi connectivity index (χ4n) is 1.70. The van der Waals surface area contributed by atoms with E-state index in [4.69, 9.17) is 4.74 Å². The standard InChI is InChI=1S/C11H21NO3.ClH/c1-2-3-4-5-6-15-11(14)10-7-9(13)8-12-10;/h9-10,12-13H,2-8H2,1H3;1H/t9-,10+;/m1./s1. The number of hydrogen-bond donors (Lipinski definition) is 2. The van der Waals surface area contributed by atoms with Crippen LogP contribution in [0.15, 0.2) is 0 Å². The third kappa shape index (κ3) is 5.68. The zero-order chi connectivity index (χ0) is 11.1. The highest BCUT2D eigenvalue weighted by molar-refractivity contribution is 5.85. The molecule has 2 N–H and O–H groups in total. The molecule has 0 radical (unpaired) electrons. The lowest BCUT2D eigenvalue weighted by molar-refractivity contribution is -0.146. The maximum atomic E-state index is 11.4. The predicted molar refractivity (Wildman–Crippen MR) is 64.8 cm³/mol. The summed E-state index contributed by atoms with van der Waals surface area (Å²) in [4.78, 5) is 11.4. The van der Waals surface area contributed by atoms with E-state index >= 15 is 0 Å². The Morgan fingerprint density at radius 2 is 2.19 bits per heavy atom. The fraction of sp³-hybridized carbons (Fsp3) is 0.909. The molecule has 1 rings (SSSR count). The molecule has 0 amide bonds. The van der Waals surface area contributed by atoms with E-state index < -0.39 is 6.10 Å². The van der Waals surface area contributed by atoms with E-state index in [1.165, 1.54) is 12.8 Å². The van der Waals surface area contributed by atoms with Crippen molar-refractivity contribution in [1.29, 1.82) is 0 Å². The summed E-state index contributed by atoms with van der Waals surface area (Å²) in [5, 5.41) is 12.2. The molecule has 1 aliphatic heterocycles. The lowest BCUT2D eigenvalue weighted by Crippen LogP contribution is -2.32. The lowest BCUT2D eigenvalue weighted by Gasteiger charge is -2.09. The molecule has 0 aliphatic carbocycles. The first kappa shape index (κ1) is 15.7. The van der Waals surface area contributed by atoms with Gasteiger partial charge >= 0.3 is 5.97 Å². The number of esters is 1. The second-order valence-electron chi connectivity index (χ2n) is 4.08. The molecule has 0 spiro atoms. The van der Waals surface area contributed by atoms with Crippen LogP contribution in [0.25, 0.3) is 0 Å². The van der Waals surface area contributed by atoms with Gasteiger partial charge in [-0.1, -0.05) is 26.2 Å². The van der Waals surface area contributed by atoms with Crippen LogP contribution in [0, 0.1) is 0 Å². The average molecular weight is 252 g/mol. The highest BCUT2D eigenvalue weighted by atomic mass is 35.5. The summed E-state index contributed by atoms with van der Waals surface area (Å²) in [6.07, 6.45) is 4.51. The number of aliphatic hydroxyl groups excluding tert-OH is 1. The zero-order valence-electron chi connectivity index (χ0n) is 9.78. The molecule has 2 atom stereocenters. The van der Waals surface area contributed by atoms with Crippen LogP contribution in [-0.4, -0.2) is 36.4 Å². The number of ether oxygens (including phenoxy) is 1. The van der Waals surface area contributed by atoms with Crippen LogP contribution in [0.2, 0.25) is 0 Å². The van der Waals surface area contributed by atoms with Gasteiger partial charge in [0.1, 0.15) is 6.04 Å². The van der Waals surface area contributed by atoms with Crippen molar-refractivity contribution in [3.63, 3.8) is 0 Å². The maximum Gasteiger partial charge on any atom is 0.323 e. The number of β-amino-alcohol motifs (C(OH)–C–C–N with tert-alkyl or cyclic N) is 1. The minimum absolute atomic E-state index is 0. The molecule has 96 valence electrons. The molecule has 5 heteroatoms. The number of carbonyl (C=O) groups excluding carboxylic acids is 1. The minimum atomic E-state index is -0.400. The van der Waals surface area contributed by atoms with Gasteiger partial charge in [0.2, 0.25) is 0 Å². The van der Waals surface area contributed by atoms with Crippen molar-refractivity contribution >= 4 is 18.4 Å². The van der Waals surface area contributed by atoms with Crippen molar-refractivity contribution in [2.75, 3.05) is 13.2 Å². The van der Waals surface area contributed by atoms with Gasteiger partial charge in [-0.3, -0.25) is 4.79 Å². The third-order valence-corrected chi connectivity index (χ3v) is 2.63. The van der Waals surface area contributed by atoms with Crippen LogP contribution in [0.5, 0.6) is 0 Å². The Bertz CT molecular complexity index is 202. The zero-order valence-corrected chi connectivity index (χ0v) is 10.6. The van der Waals surface area contributed by atoms with Crippen molar-refractivity contribution in [2.24, 2.45) is 0 Å². The molecule has 0 saturated carbocycles. The largest absolute Gasteiger partial charge is 0.465 e. The highest BCUT2D eigenvalue weighted by Gasteiger charge is 2.28. The van der Waals surface area contributed by atoms with Gasteiger partial charge in [0.15, 0.2) is 0 Å². The highest BCUT2D eigenvalue weighted by Crippen LogP contribution is 2.08. The molecular formula is C11H22ClNO3. The van der Waals surface area contributed by atoms with Gasteiger partial charge in [-0.05, 0) is 6.42 Å². The summed E-state index contributed by atoms with van der Waals surface area (Å²) in [6, 6.07) is -0.300. The molecule has 0 aromatic heterocycles. The first-order valence-electron chi connectivity index (χ1n) is 5.82. The summed E-state index contributed by atoms with van der Waals surface area (Å²) >= 11 is 0. The molecule has 1 saturated heterocycles. The van der Waals surface area contributed by atoms with E-state index in [0.717, 1.165) is 12.8 Å². The van der Waals surface area contributed by atoms with Gasteiger partial charge in [-0.25, -0.2) is 0 Å². The van der Waals surface area contributed by atoms with Crippen LogP contribution >= 0.6 is 12.4 Å². The van der Waals surface area contributed by atoms with Gasteiger partial charge < -0.3 is 15.2 Å². The summed E-state index contributed by atoms with van der Waals surface area (Å²) in [5.74, 6) is -0.219. The Morgan fingerprint density at radius 1 is 1.44 bits per heavy atom. The van der Waals surface area contributed by atoms with Crippen molar-refractivity contribution in [2.45, 2.75) is 51.2 Å². The monoisotopic (exact) mass is 251 g/mol. The van der Waals surface area contributed by atoms with Gasteiger partial charge in [0.05, 0.1) is 12.7 Å². The normalized spacial score (nSPS) is 23.9. The molecule has 4 nitrogen and oxygen atoms in total. The third-order valence-electron chi connectivity index (χ3n) is 2.63. The summed E-state index contributed by atoms with van der Waals surface area (Å²) in [5.41, 5.74) is 0. The van der Waals surface area contributed by atoms with E-state index in [1.807, 2.05) is 0 Å². The van der Waals surface area contributed by atoms with Crippen LogP contribution < -0.4 is 5.32 Å². The average Bonchev–Trinajstić information content (AvgIpc) is 2.64. The molecule has 0 aromatic rings. The number of nitrogens with one attached hydrogen (secondary N) is 1.